The molecule has 6 heteroatoms. The highest BCUT2D eigenvalue weighted by atomic mass is 32.2. The molecule has 28 heavy (non-hydrogen) atoms. The van der Waals surface area contributed by atoms with E-state index in [4.69, 9.17) is 9.26 Å². The van der Waals surface area contributed by atoms with E-state index in [2.05, 4.69) is 22.6 Å². The molecule has 0 spiro atoms. The highest BCUT2D eigenvalue weighted by Gasteiger charge is 2.12. The fourth-order valence-electron chi connectivity index (χ4n) is 3.37. The molecule has 4 rings (SSSR count). The molecule has 1 aromatic heterocycles. The molecule has 5 nitrogen and oxygen atoms in total. The van der Waals surface area contributed by atoms with Crippen LogP contribution in [0.2, 0.25) is 0 Å². The molecule has 2 aromatic carbocycles. The highest BCUT2D eigenvalue weighted by Crippen LogP contribution is 2.26. The summed E-state index contributed by atoms with van der Waals surface area (Å²) in [6.45, 7) is 0. The van der Waals surface area contributed by atoms with Gasteiger partial charge in [-0.15, -0.1) is 11.8 Å². The molecule has 0 aliphatic heterocycles. The van der Waals surface area contributed by atoms with Crippen molar-refractivity contribution >= 4 is 23.4 Å². The number of benzene rings is 2. The van der Waals surface area contributed by atoms with Crippen molar-refractivity contribution in [2.24, 2.45) is 0 Å². The highest BCUT2D eigenvalue weighted by molar-refractivity contribution is 7.99. The van der Waals surface area contributed by atoms with Crippen molar-refractivity contribution in [3.8, 4) is 17.0 Å². The van der Waals surface area contributed by atoms with E-state index >= 15 is 0 Å². The number of rotatable bonds is 7. The van der Waals surface area contributed by atoms with Crippen LogP contribution in [0.5, 0.6) is 5.75 Å². The SMILES string of the molecule is COc1ccc(-c2cc(CSCC(=O)Nc3ccc4c(c3)CCC4)on2)cc1. The molecule has 1 heterocycles. The van der Waals surface area contributed by atoms with Crippen LogP contribution in [0, 0.1) is 0 Å². The number of hydrogen-bond acceptors (Lipinski definition) is 5. The topological polar surface area (TPSA) is 64.4 Å². The van der Waals surface area contributed by atoms with Crippen LogP contribution in [0.4, 0.5) is 5.69 Å². The number of anilines is 1. The molecule has 0 radical (unpaired) electrons. The Labute approximate surface area is 168 Å². The number of methoxy groups -OCH3 is 1. The molecule has 1 aliphatic carbocycles. The number of aromatic nitrogens is 1. The molecule has 3 aromatic rings. The molecule has 0 atom stereocenters. The minimum absolute atomic E-state index is 0.00200. The predicted octanol–water partition coefficient (Wildman–Crippen LogP) is 4.71. The van der Waals surface area contributed by atoms with Gasteiger partial charge in [0.25, 0.3) is 0 Å². The number of carbonyl (C=O) groups is 1. The fraction of sp³-hybridized carbons (Fsp3) is 0.273. The van der Waals surface area contributed by atoms with Gasteiger partial charge < -0.3 is 14.6 Å². The molecule has 0 bridgehead atoms. The molecule has 0 saturated heterocycles. The lowest BCUT2D eigenvalue weighted by atomic mass is 10.1. The summed E-state index contributed by atoms with van der Waals surface area (Å²) in [4.78, 5) is 12.2. The van der Waals surface area contributed by atoms with Crippen molar-refractivity contribution in [3.63, 3.8) is 0 Å². The second-order valence-electron chi connectivity index (χ2n) is 6.78. The average molecular weight is 394 g/mol. The van der Waals surface area contributed by atoms with Crippen molar-refractivity contribution < 1.29 is 14.1 Å². The molecule has 1 amide bonds. The van der Waals surface area contributed by atoms with Gasteiger partial charge in [0, 0.05) is 17.3 Å². The van der Waals surface area contributed by atoms with Crippen molar-refractivity contribution in [3.05, 3.63) is 65.4 Å². The lowest BCUT2D eigenvalue weighted by molar-refractivity contribution is -0.113. The van der Waals surface area contributed by atoms with Crippen LogP contribution < -0.4 is 10.1 Å². The molecule has 1 N–H and O–H groups in total. The standard InChI is InChI=1S/C22H22N2O3S/c1-26-19-9-6-16(7-10-19)21-12-20(27-24-21)13-28-14-22(25)23-18-8-5-15-3-2-4-17(15)11-18/h5-12H,2-4,13-14H2,1H3,(H,23,25). The van der Waals surface area contributed by atoms with Crippen molar-refractivity contribution in [1.29, 1.82) is 0 Å². The summed E-state index contributed by atoms with van der Waals surface area (Å²) in [6, 6.07) is 15.8. The third-order valence-electron chi connectivity index (χ3n) is 4.80. The molecule has 144 valence electrons. The number of amides is 1. The summed E-state index contributed by atoms with van der Waals surface area (Å²) in [6.07, 6.45) is 3.46. The molecule has 0 saturated carbocycles. The summed E-state index contributed by atoms with van der Waals surface area (Å²) >= 11 is 1.51. The van der Waals surface area contributed by atoms with Gasteiger partial charge in [-0.25, -0.2) is 0 Å². The van der Waals surface area contributed by atoms with Crippen LogP contribution in [0.15, 0.2) is 53.1 Å². The first-order chi connectivity index (χ1) is 13.7. The summed E-state index contributed by atoms with van der Waals surface area (Å²) < 4.78 is 10.6. The zero-order valence-electron chi connectivity index (χ0n) is 15.7. The van der Waals surface area contributed by atoms with Crippen LogP contribution in [0.25, 0.3) is 11.3 Å². The number of nitrogens with one attached hydrogen (secondary N) is 1. The molecule has 1 aliphatic rings. The van der Waals surface area contributed by atoms with Gasteiger partial charge in [-0.1, -0.05) is 11.2 Å². The first kappa shape index (κ1) is 18.6. The minimum atomic E-state index is -0.00200. The third kappa shape index (κ3) is 4.39. The maximum Gasteiger partial charge on any atom is 0.234 e. The van der Waals surface area contributed by atoms with Gasteiger partial charge in [0.2, 0.25) is 5.91 Å². The van der Waals surface area contributed by atoms with E-state index in [0.29, 0.717) is 11.5 Å². The van der Waals surface area contributed by atoms with Gasteiger partial charge in [-0.3, -0.25) is 4.79 Å². The third-order valence-corrected chi connectivity index (χ3v) is 5.76. The number of nitrogens with zero attached hydrogens (tertiary/aromatic N) is 1. The summed E-state index contributed by atoms with van der Waals surface area (Å²) in [7, 11) is 1.64. The molecular formula is C22H22N2O3S. The minimum Gasteiger partial charge on any atom is -0.497 e. The number of thioether (sulfide) groups is 1. The second kappa shape index (κ2) is 8.52. The Morgan fingerprint density at radius 3 is 2.79 bits per heavy atom. The first-order valence-corrected chi connectivity index (χ1v) is 10.5. The first-order valence-electron chi connectivity index (χ1n) is 9.31. The van der Waals surface area contributed by atoms with Crippen LogP contribution in [-0.4, -0.2) is 23.9 Å². The van der Waals surface area contributed by atoms with Crippen molar-refractivity contribution in [2.75, 3.05) is 18.2 Å². The normalized spacial score (nSPS) is 12.6. The Morgan fingerprint density at radius 1 is 1.14 bits per heavy atom. The van der Waals surface area contributed by atoms with E-state index in [0.717, 1.165) is 41.3 Å². The largest absolute Gasteiger partial charge is 0.497 e. The summed E-state index contributed by atoms with van der Waals surface area (Å²) in [5.41, 5.74) is 5.40. The Balaban J connectivity index is 1.27. The van der Waals surface area contributed by atoms with E-state index in [1.54, 1.807) is 7.11 Å². The monoisotopic (exact) mass is 394 g/mol. The number of carbonyl (C=O) groups excluding carboxylic acids is 1. The van der Waals surface area contributed by atoms with Gasteiger partial charge >= 0.3 is 0 Å². The summed E-state index contributed by atoms with van der Waals surface area (Å²) in [5.74, 6) is 2.52. The van der Waals surface area contributed by atoms with Crippen molar-refractivity contribution in [1.82, 2.24) is 5.16 Å². The number of ether oxygens (including phenoxy) is 1. The molecular weight excluding hydrogens is 372 g/mol. The molecule has 0 unspecified atom stereocenters. The van der Waals surface area contributed by atoms with E-state index < -0.39 is 0 Å². The van der Waals surface area contributed by atoms with E-state index in [9.17, 15) is 4.79 Å². The van der Waals surface area contributed by atoms with Gasteiger partial charge in [0.15, 0.2) is 0 Å². The van der Waals surface area contributed by atoms with Crippen LogP contribution >= 0.6 is 11.8 Å². The van der Waals surface area contributed by atoms with Gasteiger partial charge in [-0.2, -0.15) is 0 Å². The van der Waals surface area contributed by atoms with Gasteiger partial charge in [-0.05, 0) is 66.8 Å². The average Bonchev–Trinajstić information content (AvgIpc) is 3.37. The quantitative estimate of drug-likeness (QED) is 0.629. The zero-order chi connectivity index (χ0) is 19.3. The maximum absolute atomic E-state index is 12.2. The van der Waals surface area contributed by atoms with E-state index in [1.165, 1.54) is 29.3 Å². The summed E-state index contributed by atoms with van der Waals surface area (Å²) in [5, 5.41) is 7.09. The maximum atomic E-state index is 12.2. The van der Waals surface area contributed by atoms with Crippen LogP contribution in [0.3, 0.4) is 0 Å². The Bertz CT molecular complexity index is 966. The smallest absolute Gasteiger partial charge is 0.234 e. The van der Waals surface area contributed by atoms with Gasteiger partial charge in [0.05, 0.1) is 18.6 Å². The second-order valence-corrected chi connectivity index (χ2v) is 7.77. The van der Waals surface area contributed by atoms with Crippen LogP contribution in [0.1, 0.15) is 23.3 Å². The van der Waals surface area contributed by atoms with Gasteiger partial charge in [0.1, 0.15) is 17.2 Å². The lowest BCUT2D eigenvalue weighted by Gasteiger charge is -2.07. The van der Waals surface area contributed by atoms with E-state index in [-0.39, 0.29) is 5.91 Å². The van der Waals surface area contributed by atoms with Crippen molar-refractivity contribution in [2.45, 2.75) is 25.0 Å². The van der Waals surface area contributed by atoms with Crippen LogP contribution in [-0.2, 0) is 23.4 Å². The van der Waals surface area contributed by atoms with E-state index in [1.807, 2.05) is 36.4 Å². The number of hydrogen-bond donors (Lipinski definition) is 1. The molecule has 0 fully saturated rings. The number of aryl methyl sites for hydroxylation is 2. The lowest BCUT2D eigenvalue weighted by Crippen LogP contribution is -2.14. The Hall–Kier alpha value is -2.73. The predicted molar refractivity (Wildman–Crippen MR) is 112 cm³/mol. The Kier molecular flexibility index (Phi) is 5.67. The number of fused-ring (bicyclic) bond motifs is 1. The zero-order valence-corrected chi connectivity index (χ0v) is 16.6. The fourth-order valence-corrected chi connectivity index (χ4v) is 4.07. The Morgan fingerprint density at radius 2 is 1.96 bits per heavy atom.